The summed E-state index contributed by atoms with van der Waals surface area (Å²) in [4.78, 5) is 13.8. The zero-order chi connectivity index (χ0) is 23.3. The smallest absolute Gasteiger partial charge is 0.335 e. The molecule has 2 fully saturated rings. The van der Waals surface area contributed by atoms with Crippen molar-refractivity contribution in [3.63, 3.8) is 0 Å². The van der Waals surface area contributed by atoms with Crippen molar-refractivity contribution in [3.05, 3.63) is 83.4 Å². The van der Waals surface area contributed by atoms with Crippen LogP contribution in [0.1, 0.15) is 41.6 Å². The van der Waals surface area contributed by atoms with Crippen LogP contribution in [0.5, 0.6) is 5.75 Å². The summed E-state index contributed by atoms with van der Waals surface area (Å²) in [6, 6.07) is 22.8. The van der Waals surface area contributed by atoms with Gasteiger partial charge in [-0.1, -0.05) is 54.6 Å². The zero-order valence-electron chi connectivity index (χ0n) is 19.5. The molecule has 2 aliphatic rings. The van der Waals surface area contributed by atoms with Gasteiger partial charge in [-0.3, -0.25) is 0 Å². The van der Waals surface area contributed by atoms with E-state index in [9.17, 15) is 9.90 Å². The molecule has 0 spiro atoms. The fraction of sp³-hybridized carbons (Fsp3) is 0.345. The number of carbonyl (C=O) groups is 1. The van der Waals surface area contributed by atoms with Gasteiger partial charge in [-0.15, -0.1) is 0 Å². The summed E-state index contributed by atoms with van der Waals surface area (Å²) < 4.78 is 6.30. The molecule has 3 aromatic rings. The Morgan fingerprint density at radius 3 is 2.44 bits per heavy atom. The monoisotopic (exact) mass is 456 g/mol. The van der Waals surface area contributed by atoms with Gasteiger partial charge in [0, 0.05) is 24.0 Å². The summed E-state index contributed by atoms with van der Waals surface area (Å²) in [5, 5.41) is 15.2. The average Bonchev–Trinajstić information content (AvgIpc) is 3.72. The van der Waals surface area contributed by atoms with Gasteiger partial charge < -0.3 is 20.1 Å². The highest BCUT2D eigenvalue weighted by Gasteiger charge is 2.31. The van der Waals surface area contributed by atoms with Crippen LogP contribution in [0.15, 0.2) is 72.3 Å². The van der Waals surface area contributed by atoms with Gasteiger partial charge in [0.05, 0.1) is 5.56 Å². The second-order valence-electron chi connectivity index (χ2n) is 9.42. The third-order valence-corrected chi connectivity index (χ3v) is 6.90. The molecule has 5 nitrogen and oxygen atoms in total. The van der Waals surface area contributed by atoms with Crippen molar-refractivity contribution in [1.82, 2.24) is 10.2 Å². The lowest BCUT2D eigenvalue weighted by atomic mass is 10.0. The predicted molar refractivity (Wildman–Crippen MR) is 136 cm³/mol. The number of rotatable bonds is 9. The lowest BCUT2D eigenvalue weighted by Crippen LogP contribution is -2.44. The van der Waals surface area contributed by atoms with Gasteiger partial charge in [0.2, 0.25) is 0 Å². The number of ether oxygens (including phenoxy) is 1. The van der Waals surface area contributed by atoms with Crippen LogP contribution < -0.4 is 10.1 Å². The predicted octanol–water partition coefficient (Wildman–Crippen LogP) is 5.22. The lowest BCUT2D eigenvalue weighted by molar-refractivity contribution is 0.0697. The Morgan fingerprint density at radius 1 is 0.971 bits per heavy atom. The number of fused-ring (bicyclic) bond motifs is 1. The maximum Gasteiger partial charge on any atom is 0.335 e. The van der Waals surface area contributed by atoms with E-state index >= 15 is 0 Å². The molecule has 176 valence electrons. The van der Waals surface area contributed by atoms with Gasteiger partial charge in [-0.2, -0.15) is 0 Å². The maximum absolute atomic E-state index is 11.2. The van der Waals surface area contributed by atoms with E-state index in [0.29, 0.717) is 18.2 Å². The van der Waals surface area contributed by atoms with Gasteiger partial charge >= 0.3 is 5.97 Å². The summed E-state index contributed by atoms with van der Waals surface area (Å²) in [5.74, 6) is -0.0304. The molecule has 3 aromatic carbocycles. The van der Waals surface area contributed by atoms with Crippen molar-refractivity contribution in [2.45, 2.75) is 37.8 Å². The zero-order valence-corrected chi connectivity index (χ0v) is 19.5. The number of piperidine rings is 1. The number of benzene rings is 3. The van der Waals surface area contributed by atoms with Crippen LogP contribution in [0.3, 0.4) is 0 Å². The molecule has 0 radical (unpaired) electrons. The number of carboxylic acid groups (broad SMARTS) is 1. The van der Waals surface area contributed by atoms with Crippen molar-refractivity contribution < 1.29 is 14.6 Å². The lowest BCUT2D eigenvalue weighted by Gasteiger charge is -2.32. The van der Waals surface area contributed by atoms with Gasteiger partial charge in [-0.05, 0) is 73.5 Å². The Labute approximate surface area is 201 Å². The number of aromatic carboxylic acids is 1. The summed E-state index contributed by atoms with van der Waals surface area (Å²) >= 11 is 0. The molecular weight excluding hydrogens is 424 g/mol. The van der Waals surface area contributed by atoms with E-state index in [1.807, 2.05) is 36.4 Å². The SMILES string of the molecule is O=C(O)c1ccc(/C=C(/CNC2CCN(C3CC3)CC2)COc2cccc3ccccc23)cc1. The molecule has 0 atom stereocenters. The van der Waals surface area contributed by atoms with E-state index in [0.717, 1.165) is 40.2 Å². The first kappa shape index (κ1) is 22.6. The molecule has 5 rings (SSSR count). The molecule has 5 heteroatoms. The number of carboxylic acids is 1. The van der Waals surface area contributed by atoms with Crippen molar-refractivity contribution in [2.75, 3.05) is 26.2 Å². The second-order valence-corrected chi connectivity index (χ2v) is 9.42. The van der Waals surface area contributed by atoms with E-state index in [1.54, 1.807) is 12.1 Å². The van der Waals surface area contributed by atoms with Crippen LogP contribution in [-0.4, -0.2) is 54.3 Å². The van der Waals surface area contributed by atoms with E-state index in [4.69, 9.17) is 4.74 Å². The summed E-state index contributed by atoms with van der Waals surface area (Å²) in [6.45, 7) is 3.59. The minimum absolute atomic E-state index is 0.297. The summed E-state index contributed by atoms with van der Waals surface area (Å²) in [6.07, 6.45) is 7.22. The highest BCUT2D eigenvalue weighted by molar-refractivity contribution is 5.88. The van der Waals surface area contributed by atoms with Gasteiger partial charge in [0.25, 0.3) is 0 Å². The van der Waals surface area contributed by atoms with Crippen LogP contribution in [0.2, 0.25) is 0 Å². The topological polar surface area (TPSA) is 61.8 Å². The van der Waals surface area contributed by atoms with Crippen LogP contribution in [-0.2, 0) is 0 Å². The molecule has 0 unspecified atom stereocenters. The largest absolute Gasteiger partial charge is 0.489 e. The third-order valence-electron chi connectivity index (χ3n) is 6.90. The molecule has 1 aliphatic carbocycles. The molecular formula is C29H32N2O3. The molecule has 1 aliphatic heterocycles. The number of hydrogen-bond donors (Lipinski definition) is 2. The number of nitrogens with one attached hydrogen (secondary N) is 1. The quantitative estimate of drug-likeness (QED) is 0.462. The first-order valence-corrected chi connectivity index (χ1v) is 12.3. The number of likely N-dealkylation sites (tertiary alicyclic amines) is 1. The van der Waals surface area contributed by atoms with Crippen LogP contribution in [0.25, 0.3) is 16.8 Å². The third kappa shape index (κ3) is 5.66. The van der Waals surface area contributed by atoms with E-state index in [1.165, 1.54) is 38.8 Å². The van der Waals surface area contributed by atoms with Crippen LogP contribution >= 0.6 is 0 Å². The molecule has 0 bridgehead atoms. The van der Waals surface area contributed by atoms with Gasteiger partial charge in [0.1, 0.15) is 12.4 Å². The van der Waals surface area contributed by atoms with Gasteiger partial charge in [0.15, 0.2) is 0 Å². The average molecular weight is 457 g/mol. The Kier molecular flexibility index (Phi) is 6.93. The Hall–Kier alpha value is -3.15. The normalized spacial score (nSPS) is 17.7. The van der Waals surface area contributed by atoms with Crippen molar-refractivity contribution >= 4 is 22.8 Å². The van der Waals surface area contributed by atoms with Gasteiger partial charge in [-0.25, -0.2) is 4.79 Å². The molecule has 34 heavy (non-hydrogen) atoms. The molecule has 1 saturated carbocycles. The molecule has 1 saturated heterocycles. The van der Waals surface area contributed by atoms with Crippen molar-refractivity contribution in [3.8, 4) is 5.75 Å². The van der Waals surface area contributed by atoms with Crippen molar-refractivity contribution in [1.29, 1.82) is 0 Å². The highest BCUT2D eigenvalue weighted by atomic mass is 16.5. The summed E-state index contributed by atoms with van der Waals surface area (Å²) in [5.41, 5.74) is 2.42. The van der Waals surface area contributed by atoms with E-state index < -0.39 is 5.97 Å². The fourth-order valence-electron chi connectivity index (χ4n) is 4.78. The minimum Gasteiger partial charge on any atom is -0.489 e. The van der Waals surface area contributed by atoms with Crippen molar-refractivity contribution in [2.24, 2.45) is 0 Å². The van der Waals surface area contributed by atoms with Crippen LogP contribution in [0.4, 0.5) is 0 Å². The number of nitrogens with zero attached hydrogens (tertiary/aromatic N) is 1. The Bertz CT molecular complexity index is 1150. The first-order valence-electron chi connectivity index (χ1n) is 12.3. The first-order chi connectivity index (χ1) is 16.7. The van der Waals surface area contributed by atoms with E-state index in [-0.39, 0.29) is 0 Å². The maximum atomic E-state index is 11.2. The summed E-state index contributed by atoms with van der Waals surface area (Å²) in [7, 11) is 0. The highest BCUT2D eigenvalue weighted by Crippen LogP contribution is 2.29. The Balaban J connectivity index is 1.28. The fourth-order valence-corrected chi connectivity index (χ4v) is 4.78. The van der Waals surface area contributed by atoms with E-state index in [2.05, 4.69) is 34.5 Å². The standard InChI is InChI=1S/C29H32N2O3/c32-29(33)24-10-8-21(9-11-24)18-22(19-30-25-14-16-31(17-15-25)26-12-13-26)20-34-28-7-3-5-23-4-1-2-6-27(23)28/h1-11,18,25-26,30H,12-17,19-20H2,(H,32,33)/b22-18-. The number of hydrogen-bond acceptors (Lipinski definition) is 4. The molecule has 2 N–H and O–H groups in total. The molecule has 0 aromatic heterocycles. The minimum atomic E-state index is -0.908. The van der Waals surface area contributed by atoms with Crippen LogP contribution in [0, 0.1) is 0 Å². The second kappa shape index (κ2) is 10.4. The molecule has 1 heterocycles. The molecule has 0 amide bonds. The Morgan fingerprint density at radius 2 is 1.71 bits per heavy atom.